The van der Waals surface area contributed by atoms with E-state index in [1.807, 2.05) is 97.9 Å². The van der Waals surface area contributed by atoms with Crippen molar-refractivity contribution in [3.63, 3.8) is 0 Å². The summed E-state index contributed by atoms with van der Waals surface area (Å²) in [6.07, 6.45) is 0. The van der Waals surface area contributed by atoms with E-state index >= 15 is 0 Å². The highest BCUT2D eigenvalue weighted by atomic mass is 35.5. The molecule has 1 amide bonds. The molecule has 1 N–H and O–H groups in total. The van der Waals surface area contributed by atoms with Gasteiger partial charge < -0.3 is 5.32 Å². The lowest BCUT2D eigenvalue weighted by molar-refractivity contribution is 0.0940. The molecule has 4 aromatic carbocycles. The maximum Gasteiger partial charge on any atom is 0.264 e. The second-order valence-electron chi connectivity index (χ2n) is 7.97. The molecule has 0 spiro atoms. The van der Waals surface area contributed by atoms with E-state index < -0.39 is 6.04 Å². The highest BCUT2D eigenvalue weighted by molar-refractivity contribution is 6.35. The van der Waals surface area contributed by atoms with Crippen molar-refractivity contribution in [3.05, 3.63) is 124 Å². The predicted octanol–water partition coefficient (Wildman–Crippen LogP) is 6.29. The molecule has 33 heavy (non-hydrogen) atoms. The van der Waals surface area contributed by atoms with Crippen LogP contribution in [0.3, 0.4) is 0 Å². The molecule has 0 saturated carbocycles. The van der Waals surface area contributed by atoms with Gasteiger partial charge in [0.2, 0.25) is 0 Å². The van der Waals surface area contributed by atoms with E-state index in [4.69, 9.17) is 11.6 Å². The highest BCUT2D eigenvalue weighted by Crippen LogP contribution is 2.26. The first-order chi connectivity index (χ1) is 16.0. The maximum absolute atomic E-state index is 13.6. The average molecular weight is 453 g/mol. The first-order valence-electron chi connectivity index (χ1n) is 10.7. The summed E-state index contributed by atoms with van der Waals surface area (Å²) in [5.41, 5.74) is 1.77. The van der Waals surface area contributed by atoms with Crippen LogP contribution in [0, 0.1) is 0 Å². The van der Waals surface area contributed by atoms with Gasteiger partial charge in [0.25, 0.3) is 11.5 Å². The third-order valence-electron chi connectivity index (χ3n) is 5.86. The fourth-order valence-corrected chi connectivity index (χ4v) is 4.54. The van der Waals surface area contributed by atoms with Gasteiger partial charge in [-0.1, -0.05) is 78.3 Å². The van der Waals surface area contributed by atoms with Gasteiger partial charge in [0.05, 0.1) is 16.5 Å². The predicted molar refractivity (Wildman–Crippen MR) is 134 cm³/mol. The summed E-state index contributed by atoms with van der Waals surface area (Å²) in [6.45, 7) is 1.88. The number of hydrogen-bond acceptors (Lipinski definition) is 2. The Morgan fingerprint density at radius 3 is 2.33 bits per heavy atom. The molecule has 0 saturated heterocycles. The van der Waals surface area contributed by atoms with Gasteiger partial charge in [0, 0.05) is 16.9 Å². The zero-order chi connectivity index (χ0) is 22.9. The van der Waals surface area contributed by atoms with Gasteiger partial charge in [-0.15, -0.1) is 0 Å². The molecule has 0 bridgehead atoms. The summed E-state index contributed by atoms with van der Waals surface area (Å²) in [4.78, 5) is 26.8. The number of fused-ring (bicyclic) bond motifs is 2. The molecule has 1 heterocycles. The van der Waals surface area contributed by atoms with Crippen molar-refractivity contribution >= 4 is 39.1 Å². The maximum atomic E-state index is 13.6. The minimum Gasteiger partial charge on any atom is -0.344 e. The van der Waals surface area contributed by atoms with Gasteiger partial charge in [0.1, 0.15) is 0 Å². The molecular weight excluding hydrogens is 432 g/mol. The summed E-state index contributed by atoms with van der Waals surface area (Å²) in [7, 11) is 0. The van der Waals surface area contributed by atoms with E-state index in [1.54, 1.807) is 10.6 Å². The van der Waals surface area contributed by atoms with Crippen LogP contribution in [0.2, 0.25) is 5.02 Å². The van der Waals surface area contributed by atoms with E-state index in [1.165, 1.54) is 0 Å². The number of benzene rings is 4. The van der Waals surface area contributed by atoms with Gasteiger partial charge in [-0.2, -0.15) is 0 Å². The fourth-order valence-electron chi connectivity index (χ4n) is 4.27. The largest absolute Gasteiger partial charge is 0.344 e. The molecule has 162 valence electrons. The molecule has 0 fully saturated rings. The standard InChI is InChI=1S/C28H21ClN2O2/c1-18(30-27(32)23-15-7-10-19-9-5-6-14-22(19)23)25-17-20-11-8-16-24(29)26(20)28(33)31(25)21-12-3-2-4-13-21/h2-18H,1H3,(H,30,32)/t18-/m0/s1. The SMILES string of the molecule is C[C@H](NC(=O)c1cccc2ccccc12)c1cc2cccc(Cl)c2c(=O)n1-c1ccccc1. The number of nitrogens with zero attached hydrogens (tertiary/aromatic N) is 1. The van der Waals surface area contributed by atoms with E-state index in [0.29, 0.717) is 27.4 Å². The van der Waals surface area contributed by atoms with Crippen molar-refractivity contribution in [2.24, 2.45) is 0 Å². The van der Waals surface area contributed by atoms with Gasteiger partial charge in [0.15, 0.2) is 0 Å². The molecular formula is C28H21ClN2O2. The van der Waals surface area contributed by atoms with E-state index in [2.05, 4.69) is 5.32 Å². The van der Waals surface area contributed by atoms with Gasteiger partial charge in [-0.05, 0) is 53.4 Å². The number of carbonyl (C=O) groups is 1. The highest BCUT2D eigenvalue weighted by Gasteiger charge is 2.20. The Kier molecular flexibility index (Phi) is 5.45. The average Bonchev–Trinajstić information content (AvgIpc) is 2.84. The summed E-state index contributed by atoms with van der Waals surface area (Å²) < 4.78 is 1.63. The molecule has 1 aromatic heterocycles. The summed E-state index contributed by atoms with van der Waals surface area (Å²) in [5.74, 6) is -0.197. The third kappa shape index (κ3) is 3.79. The van der Waals surface area contributed by atoms with Crippen LogP contribution in [-0.4, -0.2) is 10.5 Å². The summed E-state index contributed by atoms with van der Waals surface area (Å²) >= 11 is 6.39. The molecule has 0 aliphatic carbocycles. The zero-order valence-corrected chi connectivity index (χ0v) is 18.7. The molecule has 4 nitrogen and oxygen atoms in total. The van der Waals surface area contributed by atoms with Crippen LogP contribution in [0.4, 0.5) is 0 Å². The molecule has 0 aliphatic heterocycles. The second-order valence-corrected chi connectivity index (χ2v) is 8.38. The molecule has 0 aliphatic rings. The van der Waals surface area contributed by atoms with Crippen LogP contribution >= 0.6 is 11.6 Å². The molecule has 1 atom stereocenters. The topological polar surface area (TPSA) is 51.1 Å². The Hall–Kier alpha value is -3.89. The Balaban J connectivity index is 1.63. The van der Waals surface area contributed by atoms with E-state index in [0.717, 1.165) is 16.2 Å². The Labute approximate surface area is 196 Å². The summed E-state index contributed by atoms with van der Waals surface area (Å²) in [6, 6.07) is 29.7. The van der Waals surface area contributed by atoms with Gasteiger partial charge in [-0.3, -0.25) is 14.2 Å². The fraction of sp³-hybridized carbons (Fsp3) is 0.0714. The Bertz CT molecular complexity index is 1550. The number of para-hydroxylation sites is 1. The van der Waals surface area contributed by atoms with Gasteiger partial charge in [-0.25, -0.2) is 0 Å². The quantitative estimate of drug-likeness (QED) is 0.348. The van der Waals surface area contributed by atoms with Crippen molar-refractivity contribution in [3.8, 4) is 5.69 Å². The van der Waals surface area contributed by atoms with Crippen LogP contribution in [-0.2, 0) is 0 Å². The van der Waals surface area contributed by atoms with E-state index in [9.17, 15) is 9.59 Å². The number of pyridine rings is 1. The number of nitrogens with one attached hydrogen (secondary N) is 1. The molecule has 0 radical (unpaired) electrons. The zero-order valence-electron chi connectivity index (χ0n) is 18.0. The lowest BCUT2D eigenvalue weighted by atomic mass is 10.0. The molecule has 5 aromatic rings. The first-order valence-corrected chi connectivity index (χ1v) is 11.1. The monoisotopic (exact) mass is 452 g/mol. The van der Waals surface area contributed by atoms with Crippen molar-refractivity contribution in [2.45, 2.75) is 13.0 Å². The van der Waals surface area contributed by atoms with Crippen molar-refractivity contribution in [2.75, 3.05) is 0 Å². The minimum absolute atomic E-state index is 0.197. The Morgan fingerprint density at radius 1 is 0.848 bits per heavy atom. The minimum atomic E-state index is -0.437. The number of hydrogen-bond donors (Lipinski definition) is 1. The number of rotatable bonds is 4. The van der Waals surface area contributed by atoms with Crippen LogP contribution in [0.1, 0.15) is 29.0 Å². The first kappa shape index (κ1) is 21.0. The second kappa shape index (κ2) is 8.57. The number of amides is 1. The normalized spacial score (nSPS) is 12.1. The van der Waals surface area contributed by atoms with Crippen LogP contribution in [0.15, 0.2) is 102 Å². The smallest absolute Gasteiger partial charge is 0.264 e. The van der Waals surface area contributed by atoms with Crippen LogP contribution < -0.4 is 10.9 Å². The molecule has 0 unspecified atom stereocenters. The Morgan fingerprint density at radius 2 is 1.52 bits per heavy atom. The molecule has 5 rings (SSSR count). The third-order valence-corrected chi connectivity index (χ3v) is 6.18. The number of halogens is 1. The number of aromatic nitrogens is 1. The lowest BCUT2D eigenvalue weighted by Crippen LogP contribution is -2.32. The summed E-state index contributed by atoms with van der Waals surface area (Å²) in [5, 5.41) is 6.57. The van der Waals surface area contributed by atoms with Crippen molar-refractivity contribution in [1.29, 1.82) is 0 Å². The van der Waals surface area contributed by atoms with Crippen LogP contribution in [0.5, 0.6) is 0 Å². The molecule has 5 heteroatoms. The number of carbonyl (C=O) groups excluding carboxylic acids is 1. The van der Waals surface area contributed by atoms with Gasteiger partial charge >= 0.3 is 0 Å². The van der Waals surface area contributed by atoms with Crippen LogP contribution in [0.25, 0.3) is 27.2 Å². The lowest BCUT2D eigenvalue weighted by Gasteiger charge is -2.21. The van der Waals surface area contributed by atoms with E-state index in [-0.39, 0.29) is 11.5 Å². The van der Waals surface area contributed by atoms with Crippen molar-refractivity contribution in [1.82, 2.24) is 9.88 Å². The van der Waals surface area contributed by atoms with Crippen molar-refractivity contribution < 1.29 is 4.79 Å².